The second-order valence-corrected chi connectivity index (χ2v) is 5.25. The van der Waals surface area contributed by atoms with E-state index in [4.69, 9.17) is 4.74 Å². The Balaban J connectivity index is 2.29. The molecule has 4 heteroatoms. The van der Waals surface area contributed by atoms with Gasteiger partial charge in [0, 0.05) is 4.47 Å². The summed E-state index contributed by atoms with van der Waals surface area (Å²) in [6.45, 7) is 3.56. The highest BCUT2D eigenvalue weighted by Gasteiger charge is 2.09. The zero-order chi connectivity index (χ0) is 14.0. The summed E-state index contributed by atoms with van der Waals surface area (Å²) in [7, 11) is 0. The smallest absolute Gasteiger partial charge is 0.165 e. The van der Waals surface area contributed by atoms with Crippen LogP contribution >= 0.6 is 15.9 Å². The lowest BCUT2D eigenvalue weighted by molar-refractivity contribution is 0.198. The molecule has 0 aromatic heterocycles. The van der Waals surface area contributed by atoms with Gasteiger partial charge in [-0.15, -0.1) is 0 Å². The number of benzene rings is 2. The average molecular weight is 325 g/mol. The molecule has 0 saturated heterocycles. The van der Waals surface area contributed by atoms with Crippen molar-refractivity contribution in [1.29, 1.82) is 0 Å². The number of hydrogen-bond acceptors (Lipinski definition) is 2. The molecule has 2 aromatic rings. The first-order valence-electron chi connectivity index (χ1n) is 5.89. The van der Waals surface area contributed by atoms with Crippen LogP contribution in [0.5, 0.6) is 11.5 Å². The first-order chi connectivity index (χ1) is 8.97. The number of aryl methyl sites for hydroxylation is 1. The topological polar surface area (TPSA) is 29.5 Å². The molecule has 1 atom stereocenters. The van der Waals surface area contributed by atoms with Gasteiger partial charge in [0.1, 0.15) is 5.75 Å². The predicted octanol–water partition coefficient (Wildman–Crippen LogP) is 4.74. The van der Waals surface area contributed by atoms with Gasteiger partial charge < -0.3 is 9.84 Å². The molecule has 0 aliphatic rings. The molecule has 0 fully saturated rings. The molecule has 100 valence electrons. The molecule has 0 radical (unpaired) electrons. The van der Waals surface area contributed by atoms with E-state index in [0.29, 0.717) is 5.75 Å². The van der Waals surface area contributed by atoms with Crippen molar-refractivity contribution in [3.8, 4) is 11.5 Å². The Morgan fingerprint density at radius 3 is 2.58 bits per heavy atom. The third-order valence-electron chi connectivity index (χ3n) is 2.74. The summed E-state index contributed by atoms with van der Waals surface area (Å²) in [5, 5.41) is 9.53. The lowest BCUT2D eigenvalue weighted by Gasteiger charge is -2.11. The Hall–Kier alpha value is -1.39. The summed E-state index contributed by atoms with van der Waals surface area (Å²) in [5.41, 5.74) is 1.69. The molecule has 1 unspecified atom stereocenters. The third-order valence-corrected chi connectivity index (χ3v) is 3.42. The quantitative estimate of drug-likeness (QED) is 0.883. The Bertz CT molecular complexity index is 597. The second kappa shape index (κ2) is 5.72. The average Bonchev–Trinajstić information content (AvgIpc) is 2.33. The number of aliphatic hydroxyl groups is 1. The molecule has 0 saturated carbocycles. The number of ether oxygens (including phenoxy) is 1. The van der Waals surface area contributed by atoms with Crippen LogP contribution in [0, 0.1) is 12.7 Å². The van der Waals surface area contributed by atoms with Crippen molar-refractivity contribution in [2.75, 3.05) is 0 Å². The fraction of sp³-hybridized carbons (Fsp3) is 0.200. The monoisotopic (exact) mass is 324 g/mol. The van der Waals surface area contributed by atoms with Gasteiger partial charge in [-0.25, -0.2) is 4.39 Å². The van der Waals surface area contributed by atoms with Crippen LogP contribution < -0.4 is 4.74 Å². The summed E-state index contributed by atoms with van der Waals surface area (Å²) in [6.07, 6.45) is -0.570. The van der Waals surface area contributed by atoms with Crippen LogP contribution in [0.2, 0.25) is 0 Å². The summed E-state index contributed by atoms with van der Waals surface area (Å²) in [5.74, 6) is 0.304. The van der Waals surface area contributed by atoms with Gasteiger partial charge in [-0.3, -0.25) is 0 Å². The molecule has 2 aromatic carbocycles. The van der Waals surface area contributed by atoms with Crippen LogP contribution in [0.3, 0.4) is 0 Å². The van der Waals surface area contributed by atoms with Crippen molar-refractivity contribution < 1.29 is 14.2 Å². The normalized spacial score (nSPS) is 12.3. The van der Waals surface area contributed by atoms with Gasteiger partial charge in [0.25, 0.3) is 0 Å². The second-order valence-electron chi connectivity index (χ2n) is 4.40. The van der Waals surface area contributed by atoms with E-state index in [1.165, 1.54) is 6.07 Å². The lowest BCUT2D eigenvalue weighted by atomic mass is 10.1. The van der Waals surface area contributed by atoms with Gasteiger partial charge >= 0.3 is 0 Å². The van der Waals surface area contributed by atoms with Crippen molar-refractivity contribution in [3.63, 3.8) is 0 Å². The fourth-order valence-electron chi connectivity index (χ4n) is 1.73. The van der Waals surface area contributed by atoms with Crippen molar-refractivity contribution in [3.05, 3.63) is 57.8 Å². The zero-order valence-corrected chi connectivity index (χ0v) is 12.2. The SMILES string of the molecule is Cc1ccc(F)c(Oc2ccc(C(C)O)c(Br)c2)c1. The highest BCUT2D eigenvalue weighted by atomic mass is 79.9. The van der Waals surface area contributed by atoms with Gasteiger partial charge in [0.15, 0.2) is 11.6 Å². The standard InChI is InChI=1S/C15H14BrFO2/c1-9-3-6-14(17)15(7-9)19-11-4-5-12(10(2)18)13(16)8-11/h3-8,10,18H,1-2H3. The molecule has 2 nitrogen and oxygen atoms in total. The summed E-state index contributed by atoms with van der Waals surface area (Å²) < 4.78 is 19.8. The maximum atomic E-state index is 13.6. The van der Waals surface area contributed by atoms with Crippen LogP contribution in [0.15, 0.2) is 40.9 Å². The van der Waals surface area contributed by atoms with Gasteiger partial charge in [0.2, 0.25) is 0 Å². The van der Waals surface area contributed by atoms with Crippen molar-refractivity contribution >= 4 is 15.9 Å². The molecule has 1 N–H and O–H groups in total. The molecular formula is C15H14BrFO2. The number of rotatable bonds is 3. The van der Waals surface area contributed by atoms with Crippen LogP contribution in [-0.2, 0) is 0 Å². The Morgan fingerprint density at radius 1 is 1.21 bits per heavy atom. The summed E-state index contributed by atoms with van der Waals surface area (Å²) in [6, 6.07) is 9.88. The number of hydrogen-bond donors (Lipinski definition) is 1. The molecule has 0 heterocycles. The summed E-state index contributed by atoms with van der Waals surface area (Å²) in [4.78, 5) is 0. The minimum atomic E-state index is -0.570. The Morgan fingerprint density at radius 2 is 1.95 bits per heavy atom. The van der Waals surface area contributed by atoms with Crippen molar-refractivity contribution in [2.45, 2.75) is 20.0 Å². The lowest BCUT2D eigenvalue weighted by Crippen LogP contribution is -1.94. The molecule has 19 heavy (non-hydrogen) atoms. The number of halogens is 2. The van der Waals surface area contributed by atoms with Gasteiger partial charge in [-0.05, 0) is 49.2 Å². The van der Waals surface area contributed by atoms with E-state index in [2.05, 4.69) is 15.9 Å². The summed E-state index contributed by atoms with van der Waals surface area (Å²) >= 11 is 3.36. The first kappa shape index (κ1) is 14.0. The maximum absolute atomic E-state index is 13.6. The minimum Gasteiger partial charge on any atom is -0.454 e. The van der Waals surface area contributed by atoms with E-state index in [0.717, 1.165) is 15.6 Å². The third kappa shape index (κ3) is 3.33. The number of aliphatic hydroxyl groups excluding tert-OH is 1. The molecular weight excluding hydrogens is 311 g/mol. The van der Waals surface area contributed by atoms with Crippen molar-refractivity contribution in [1.82, 2.24) is 0 Å². The van der Waals surface area contributed by atoms with Gasteiger partial charge in [-0.2, -0.15) is 0 Å². The fourth-order valence-corrected chi connectivity index (χ4v) is 2.42. The predicted molar refractivity (Wildman–Crippen MR) is 76.0 cm³/mol. The molecule has 2 rings (SSSR count). The molecule has 0 aliphatic heterocycles. The minimum absolute atomic E-state index is 0.191. The molecule has 0 bridgehead atoms. The first-order valence-corrected chi connectivity index (χ1v) is 6.68. The van der Waals surface area contributed by atoms with Crippen LogP contribution in [0.25, 0.3) is 0 Å². The highest BCUT2D eigenvalue weighted by molar-refractivity contribution is 9.10. The van der Waals surface area contributed by atoms with Gasteiger partial charge in [0.05, 0.1) is 6.10 Å². The Kier molecular flexibility index (Phi) is 4.22. The van der Waals surface area contributed by atoms with Crippen LogP contribution in [0.4, 0.5) is 4.39 Å². The Labute approximate surface area is 120 Å². The van der Waals surface area contributed by atoms with Crippen LogP contribution in [-0.4, -0.2) is 5.11 Å². The van der Waals surface area contributed by atoms with Crippen molar-refractivity contribution in [2.24, 2.45) is 0 Å². The molecule has 0 aliphatic carbocycles. The van der Waals surface area contributed by atoms with E-state index in [9.17, 15) is 9.50 Å². The van der Waals surface area contributed by atoms with E-state index in [1.54, 1.807) is 37.3 Å². The van der Waals surface area contributed by atoms with Gasteiger partial charge in [-0.1, -0.05) is 28.1 Å². The van der Waals surface area contributed by atoms with E-state index >= 15 is 0 Å². The highest BCUT2D eigenvalue weighted by Crippen LogP contribution is 2.31. The van der Waals surface area contributed by atoms with E-state index in [1.807, 2.05) is 6.92 Å². The van der Waals surface area contributed by atoms with E-state index < -0.39 is 11.9 Å². The maximum Gasteiger partial charge on any atom is 0.165 e. The zero-order valence-electron chi connectivity index (χ0n) is 10.7. The molecule has 0 spiro atoms. The largest absolute Gasteiger partial charge is 0.454 e. The van der Waals surface area contributed by atoms with E-state index in [-0.39, 0.29) is 5.75 Å². The molecule has 0 amide bonds. The van der Waals surface area contributed by atoms with Crippen LogP contribution in [0.1, 0.15) is 24.2 Å².